The molecule has 0 fully saturated rings. The number of nitrogens with zero attached hydrogens (tertiary/aromatic N) is 1. The molecule has 2 aromatic rings. The number of amides is 1. The van der Waals surface area contributed by atoms with E-state index in [9.17, 15) is 9.59 Å². The van der Waals surface area contributed by atoms with E-state index < -0.39 is 12.0 Å². The van der Waals surface area contributed by atoms with Gasteiger partial charge in [0.05, 0.1) is 12.5 Å². The number of nitrogen functional groups attached to an aromatic ring is 1. The van der Waals surface area contributed by atoms with Crippen LogP contribution >= 0.6 is 0 Å². The van der Waals surface area contributed by atoms with E-state index >= 15 is 0 Å². The van der Waals surface area contributed by atoms with Crippen LogP contribution in [0.2, 0.25) is 0 Å². The molecule has 8 nitrogen and oxygen atoms in total. The van der Waals surface area contributed by atoms with Gasteiger partial charge in [-0.1, -0.05) is 12.1 Å². The summed E-state index contributed by atoms with van der Waals surface area (Å²) in [6.07, 6.45) is -0.284. The first-order valence-corrected chi connectivity index (χ1v) is 8.63. The summed E-state index contributed by atoms with van der Waals surface area (Å²) >= 11 is 0. The van der Waals surface area contributed by atoms with Crippen LogP contribution in [0.3, 0.4) is 0 Å². The fraction of sp³-hybridized carbons (Fsp3) is 0.250. The monoisotopic (exact) mass is 384 g/mol. The minimum absolute atomic E-state index is 0.0326. The highest BCUT2D eigenvalue weighted by molar-refractivity contribution is 5.95. The van der Waals surface area contributed by atoms with Crippen molar-refractivity contribution in [2.75, 3.05) is 25.6 Å². The third-order valence-electron chi connectivity index (χ3n) is 4.00. The van der Waals surface area contributed by atoms with Gasteiger partial charge in [-0.2, -0.15) is 0 Å². The zero-order chi connectivity index (χ0) is 20.7. The van der Waals surface area contributed by atoms with Crippen LogP contribution in [-0.4, -0.2) is 49.6 Å². The number of aliphatic carboxylic acids is 1. The summed E-state index contributed by atoms with van der Waals surface area (Å²) in [5, 5.41) is 19.3. The number of carboxylic acid groups (broad SMARTS) is 1. The van der Waals surface area contributed by atoms with Crippen LogP contribution in [0.5, 0.6) is 5.75 Å². The predicted molar refractivity (Wildman–Crippen MR) is 107 cm³/mol. The van der Waals surface area contributed by atoms with Gasteiger partial charge in [-0.15, -0.1) is 0 Å². The summed E-state index contributed by atoms with van der Waals surface area (Å²) in [6.45, 7) is -0.0326. The van der Waals surface area contributed by atoms with Crippen LogP contribution in [-0.2, 0) is 4.79 Å². The number of amidine groups is 1. The molecule has 0 aromatic heterocycles. The van der Waals surface area contributed by atoms with Crippen molar-refractivity contribution in [3.05, 3.63) is 59.7 Å². The van der Waals surface area contributed by atoms with Crippen LogP contribution in [0, 0.1) is 5.41 Å². The third kappa shape index (κ3) is 6.01. The second-order valence-corrected chi connectivity index (χ2v) is 6.46. The summed E-state index contributed by atoms with van der Waals surface area (Å²) < 4.78 is 5.61. The Kier molecular flexibility index (Phi) is 6.97. The van der Waals surface area contributed by atoms with Crippen molar-refractivity contribution in [2.45, 2.75) is 12.5 Å². The first kappa shape index (κ1) is 20.8. The van der Waals surface area contributed by atoms with Crippen LogP contribution in [0.4, 0.5) is 5.69 Å². The van der Waals surface area contributed by atoms with Gasteiger partial charge in [0.2, 0.25) is 0 Å². The lowest BCUT2D eigenvalue weighted by Gasteiger charge is -2.18. The molecule has 2 aromatic carbocycles. The minimum atomic E-state index is -1.05. The Morgan fingerprint density at radius 1 is 1.18 bits per heavy atom. The molecule has 0 heterocycles. The molecular weight excluding hydrogens is 360 g/mol. The molecule has 1 atom stereocenters. The number of nitrogens with two attached hydrogens (primary N) is 1. The molecule has 0 saturated heterocycles. The minimum Gasteiger partial charge on any atom is -0.491 e. The van der Waals surface area contributed by atoms with E-state index in [0.29, 0.717) is 16.9 Å². The zero-order valence-electron chi connectivity index (χ0n) is 15.8. The molecule has 5 N–H and O–H groups in total. The largest absolute Gasteiger partial charge is 0.491 e. The first-order chi connectivity index (χ1) is 13.3. The van der Waals surface area contributed by atoms with Crippen LogP contribution in [0.25, 0.3) is 0 Å². The van der Waals surface area contributed by atoms with Crippen LogP contribution in [0.15, 0.2) is 48.5 Å². The summed E-state index contributed by atoms with van der Waals surface area (Å²) in [5.41, 5.74) is 7.33. The molecule has 0 spiro atoms. The van der Waals surface area contributed by atoms with Crippen molar-refractivity contribution in [2.24, 2.45) is 5.73 Å². The average molecular weight is 384 g/mol. The Hall–Kier alpha value is -3.55. The van der Waals surface area contributed by atoms with E-state index in [4.69, 9.17) is 21.0 Å². The highest BCUT2D eigenvalue weighted by atomic mass is 16.5. The zero-order valence-corrected chi connectivity index (χ0v) is 15.8. The normalized spacial score (nSPS) is 11.4. The van der Waals surface area contributed by atoms with Crippen LogP contribution in [0.1, 0.15) is 22.3 Å². The maximum Gasteiger partial charge on any atom is 0.305 e. The summed E-state index contributed by atoms with van der Waals surface area (Å²) in [5.74, 6) is -1.08. The molecule has 148 valence electrons. The molecule has 0 saturated carbocycles. The van der Waals surface area contributed by atoms with Gasteiger partial charge >= 0.3 is 5.97 Å². The maximum absolute atomic E-state index is 12.5. The number of anilines is 1. The number of carbonyl (C=O) groups is 2. The molecular formula is C20H24N4O4. The third-order valence-corrected chi connectivity index (χ3v) is 4.00. The predicted octanol–water partition coefficient (Wildman–Crippen LogP) is 1.69. The van der Waals surface area contributed by atoms with Gasteiger partial charge in [-0.25, -0.2) is 0 Å². The number of carbonyl (C=O) groups excluding carboxylic acids is 1. The Morgan fingerprint density at radius 2 is 1.86 bits per heavy atom. The molecule has 0 unspecified atom stereocenters. The average Bonchev–Trinajstić information content (AvgIpc) is 2.66. The van der Waals surface area contributed by atoms with Gasteiger partial charge < -0.3 is 25.8 Å². The SMILES string of the molecule is CN(C)c1ccc(C(=O)N[C@@H](COc2cccc(C(=N)N)c2)CC(=O)O)cc1. The molecule has 1 amide bonds. The quantitative estimate of drug-likeness (QED) is 0.385. The Bertz CT molecular complexity index is 850. The lowest BCUT2D eigenvalue weighted by atomic mass is 10.1. The lowest BCUT2D eigenvalue weighted by molar-refractivity contribution is -0.137. The molecule has 0 aliphatic heterocycles. The molecule has 0 aliphatic carbocycles. The number of hydrogen-bond donors (Lipinski definition) is 4. The van der Waals surface area contributed by atoms with Gasteiger partial charge in [-0.05, 0) is 36.4 Å². The highest BCUT2D eigenvalue weighted by Gasteiger charge is 2.18. The van der Waals surface area contributed by atoms with Gasteiger partial charge in [0.15, 0.2) is 0 Å². The fourth-order valence-corrected chi connectivity index (χ4v) is 2.49. The maximum atomic E-state index is 12.5. The molecule has 0 radical (unpaired) electrons. The molecule has 0 bridgehead atoms. The van der Waals surface area contributed by atoms with E-state index in [-0.39, 0.29) is 24.8 Å². The van der Waals surface area contributed by atoms with Crippen molar-refractivity contribution >= 4 is 23.4 Å². The lowest BCUT2D eigenvalue weighted by Crippen LogP contribution is -2.40. The standard InChI is InChI=1S/C20H24N4O4/c1-24(2)16-8-6-13(7-9-16)20(27)23-15(11-18(25)26)12-28-17-5-3-4-14(10-17)19(21)22/h3-10,15H,11-12H2,1-2H3,(H3,21,22)(H,23,27)(H,25,26)/t15-/m1/s1. The Labute approximate surface area is 163 Å². The van der Waals surface area contributed by atoms with Gasteiger partial charge in [0.25, 0.3) is 5.91 Å². The fourth-order valence-electron chi connectivity index (χ4n) is 2.49. The van der Waals surface area contributed by atoms with Crippen molar-refractivity contribution in [1.82, 2.24) is 5.32 Å². The topological polar surface area (TPSA) is 129 Å². The van der Waals surface area contributed by atoms with E-state index in [1.807, 2.05) is 31.1 Å². The summed E-state index contributed by atoms with van der Waals surface area (Å²) in [7, 11) is 3.80. The van der Waals surface area contributed by atoms with E-state index in [2.05, 4.69) is 5.32 Å². The van der Waals surface area contributed by atoms with Crippen molar-refractivity contribution in [3.63, 3.8) is 0 Å². The van der Waals surface area contributed by atoms with Crippen LogP contribution < -0.4 is 20.7 Å². The van der Waals surface area contributed by atoms with E-state index in [1.165, 1.54) is 0 Å². The van der Waals surface area contributed by atoms with E-state index in [0.717, 1.165) is 5.69 Å². The first-order valence-electron chi connectivity index (χ1n) is 8.63. The Morgan fingerprint density at radius 3 is 2.43 bits per heavy atom. The molecule has 8 heteroatoms. The van der Waals surface area contributed by atoms with Crippen molar-refractivity contribution < 1.29 is 19.4 Å². The number of nitrogens with one attached hydrogen (secondary N) is 2. The number of carboxylic acids is 1. The van der Waals surface area contributed by atoms with Gasteiger partial charge in [-0.3, -0.25) is 15.0 Å². The van der Waals surface area contributed by atoms with Gasteiger partial charge in [0.1, 0.15) is 18.2 Å². The smallest absolute Gasteiger partial charge is 0.305 e. The molecule has 2 rings (SSSR count). The number of benzene rings is 2. The number of rotatable bonds is 9. The highest BCUT2D eigenvalue weighted by Crippen LogP contribution is 2.15. The van der Waals surface area contributed by atoms with Crippen molar-refractivity contribution in [1.29, 1.82) is 5.41 Å². The second kappa shape index (κ2) is 9.40. The van der Waals surface area contributed by atoms with E-state index in [1.54, 1.807) is 36.4 Å². The number of ether oxygens (including phenoxy) is 1. The Balaban J connectivity index is 2.04. The summed E-state index contributed by atoms with van der Waals surface area (Å²) in [4.78, 5) is 25.5. The van der Waals surface area contributed by atoms with Crippen molar-refractivity contribution in [3.8, 4) is 5.75 Å². The van der Waals surface area contributed by atoms with Gasteiger partial charge in [0, 0.05) is 30.9 Å². The molecule has 0 aliphatic rings. The molecule has 28 heavy (non-hydrogen) atoms. The number of hydrogen-bond acceptors (Lipinski definition) is 5. The summed E-state index contributed by atoms with van der Waals surface area (Å²) in [6, 6.07) is 12.9. The second-order valence-electron chi connectivity index (χ2n) is 6.46.